The number of hydrogen-bond donors (Lipinski definition) is 1. The summed E-state index contributed by atoms with van der Waals surface area (Å²) in [5.74, 6) is -0.161. The molecule has 0 bridgehead atoms. The lowest BCUT2D eigenvalue weighted by Crippen LogP contribution is -2.26. The zero-order chi connectivity index (χ0) is 12.5. The molecule has 1 amide bonds. The minimum absolute atomic E-state index is 0.272. The van der Waals surface area contributed by atoms with Crippen molar-refractivity contribution in [2.24, 2.45) is 5.73 Å². The molecule has 0 aliphatic rings. The van der Waals surface area contributed by atoms with Gasteiger partial charge >= 0.3 is 0 Å². The molecule has 0 aliphatic heterocycles. The molecule has 1 atom stereocenters. The number of amides is 1. The number of nitrogens with zero attached hydrogens (tertiary/aromatic N) is 2. The minimum atomic E-state index is -3.88. The molecular formula is C8H12ClN3O3S. The summed E-state index contributed by atoms with van der Waals surface area (Å²) in [6, 6.07) is -0.611. The Balaban J connectivity index is 3.26. The van der Waals surface area contributed by atoms with E-state index in [4.69, 9.17) is 16.4 Å². The molecule has 8 heteroatoms. The van der Waals surface area contributed by atoms with E-state index < -0.39 is 21.0 Å². The molecule has 1 heterocycles. The van der Waals surface area contributed by atoms with Crippen molar-refractivity contribution in [3.8, 4) is 0 Å². The van der Waals surface area contributed by atoms with Crippen LogP contribution in [-0.4, -0.2) is 23.9 Å². The van der Waals surface area contributed by atoms with Crippen LogP contribution in [0.5, 0.6) is 0 Å². The zero-order valence-electron chi connectivity index (χ0n) is 8.84. The van der Waals surface area contributed by atoms with E-state index in [0.717, 1.165) is 0 Å². The van der Waals surface area contributed by atoms with E-state index in [1.54, 1.807) is 13.8 Å². The highest BCUT2D eigenvalue weighted by atomic mass is 35.7. The van der Waals surface area contributed by atoms with E-state index in [0.29, 0.717) is 12.2 Å². The van der Waals surface area contributed by atoms with Gasteiger partial charge in [-0.2, -0.15) is 0 Å². The third kappa shape index (κ3) is 2.53. The first kappa shape index (κ1) is 13.0. The highest BCUT2D eigenvalue weighted by Crippen LogP contribution is 2.19. The van der Waals surface area contributed by atoms with E-state index in [1.807, 2.05) is 0 Å². The van der Waals surface area contributed by atoms with Gasteiger partial charge < -0.3 is 10.3 Å². The molecule has 0 radical (unpaired) electrons. The molecule has 0 saturated heterocycles. The smallest absolute Gasteiger partial charge is 0.280 e. The standard InChI is InChI=1S/C8H12ClN3O3S/c1-3-6(8(10)13)12-4-7(11-5(12)2)16(9,14)15/h4,6H,3H2,1-2H3,(H2,10,13). The summed E-state index contributed by atoms with van der Waals surface area (Å²) in [6.07, 6.45) is 1.67. The van der Waals surface area contributed by atoms with E-state index in [9.17, 15) is 13.2 Å². The topological polar surface area (TPSA) is 95.0 Å². The number of nitrogens with two attached hydrogens (primary N) is 1. The Morgan fingerprint density at radius 2 is 2.25 bits per heavy atom. The van der Waals surface area contributed by atoms with Crippen molar-refractivity contribution in [3.05, 3.63) is 12.0 Å². The number of hydrogen-bond acceptors (Lipinski definition) is 4. The lowest BCUT2D eigenvalue weighted by Gasteiger charge is -2.13. The predicted octanol–water partition coefficient (Wildman–Crippen LogP) is 0.555. The van der Waals surface area contributed by atoms with Gasteiger partial charge in [0.15, 0.2) is 5.03 Å². The lowest BCUT2D eigenvalue weighted by molar-refractivity contribution is -0.121. The van der Waals surface area contributed by atoms with E-state index >= 15 is 0 Å². The van der Waals surface area contributed by atoms with Gasteiger partial charge in [0.1, 0.15) is 11.9 Å². The van der Waals surface area contributed by atoms with Crippen LogP contribution in [0.1, 0.15) is 25.2 Å². The number of carbonyl (C=O) groups is 1. The number of rotatable bonds is 4. The zero-order valence-corrected chi connectivity index (χ0v) is 10.4. The Bertz CT molecular complexity index is 509. The number of primary amides is 1. The van der Waals surface area contributed by atoms with Crippen LogP contribution in [0.25, 0.3) is 0 Å². The van der Waals surface area contributed by atoms with Gasteiger partial charge in [-0.1, -0.05) is 6.92 Å². The molecule has 0 fully saturated rings. The SMILES string of the molecule is CCC(C(N)=O)n1cc(S(=O)(=O)Cl)nc1C. The van der Waals surface area contributed by atoms with Gasteiger partial charge in [0.05, 0.1) is 0 Å². The van der Waals surface area contributed by atoms with Crippen LogP contribution in [0, 0.1) is 6.92 Å². The summed E-state index contributed by atoms with van der Waals surface area (Å²) in [7, 11) is 1.27. The summed E-state index contributed by atoms with van der Waals surface area (Å²) in [5, 5.41) is -0.272. The predicted molar refractivity (Wildman–Crippen MR) is 58.5 cm³/mol. The fourth-order valence-electron chi connectivity index (χ4n) is 1.43. The molecule has 0 aromatic carbocycles. The third-order valence-electron chi connectivity index (χ3n) is 2.20. The second kappa shape index (κ2) is 4.42. The maximum atomic E-state index is 11.1. The molecule has 16 heavy (non-hydrogen) atoms. The van der Waals surface area contributed by atoms with Crippen molar-refractivity contribution >= 4 is 25.6 Å². The first-order valence-corrected chi connectivity index (χ1v) is 6.87. The van der Waals surface area contributed by atoms with Gasteiger partial charge in [-0.05, 0) is 13.3 Å². The number of halogens is 1. The van der Waals surface area contributed by atoms with Gasteiger partial charge in [0, 0.05) is 16.9 Å². The molecule has 0 spiro atoms. The second-order valence-electron chi connectivity index (χ2n) is 3.30. The minimum Gasteiger partial charge on any atom is -0.368 e. The molecule has 1 rings (SSSR count). The van der Waals surface area contributed by atoms with Crippen molar-refractivity contribution in [3.63, 3.8) is 0 Å². The van der Waals surface area contributed by atoms with Crippen LogP contribution in [0.2, 0.25) is 0 Å². The summed E-state index contributed by atoms with van der Waals surface area (Å²) < 4.78 is 23.5. The second-order valence-corrected chi connectivity index (χ2v) is 5.81. The summed E-state index contributed by atoms with van der Waals surface area (Å²) >= 11 is 0. The van der Waals surface area contributed by atoms with Gasteiger partial charge in [-0.25, -0.2) is 13.4 Å². The molecule has 90 valence electrons. The molecule has 1 aromatic rings. The Morgan fingerprint density at radius 3 is 2.56 bits per heavy atom. The van der Waals surface area contributed by atoms with Gasteiger partial charge in [-0.15, -0.1) is 0 Å². The van der Waals surface area contributed by atoms with Crippen LogP contribution in [0.4, 0.5) is 0 Å². The van der Waals surface area contributed by atoms with Crippen LogP contribution >= 0.6 is 10.7 Å². The van der Waals surface area contributed by atoms with Gasteiger partial charge in [0.2, 0.25) is 5.91 Å². The molecule has 0 aliphatic carbocycles. The lowest BCUT2D eigenvalue weighted by atomic mass is 10.2. The Labute approximate surface area is 97.8 Å². The molecule has 6 nitrogen and oxygen atoms in total. The maximum absolute atomic E-state index is 11.1. The fraction of sp³-hybridized carbons (Fsp3) is 0.500. The van der Waals surface area contributed by atoms with Crippen molar-refractivity contribution in [1.82, 2.24) is 9.55 Å². The quantitative estimate of drug-likeness (QED) is 0.805. The Hall–Kier alpha value is -1.08. The van der Waals surface area contributed by atoms with Crippen molar-refractivity contribution in [2.75, 3.05) is 0 Å². The monoisotopic (exact) mass is 265 g/mol. The van der Waals surface area contributed by atoms with Crippen LogP contribution in [0.15, 0.2) is 11.2 Å². The molecule has 2 N–H and O–H groups in total. The number of aryl methyl sites for hydroxylation is 1. The van der Waals surface area contributed by atoms with Crippen LogP contribution < -0.4 is 5.73 Å². The average Bonchev–Trinajstić information content (AvgIpc) is 2.48. The third-order valence-corrected chi connectivity index (χ3v) is 3.37. The van der Waals surface area contributed by atoms with E-state index in [1.165, 1.54) is 10.8 Å². The van der Waals surface area contributed by atoms with E-state index in [2.05, 4.69) is 4.98 Å². The van der Waals surface area contributed by atoms with E-state index in [-0.39, 0.29) is 5.03 Å². The van der Waals surface area contributed by atoms with Crippen molar-refractivity contribution < 1.29 is 13.2 Å². The van der Waals surface area contributed by atoms with Crippen LogP contribution in [0.3, 0.4) is 0 Å². The highest BCUT2D eigenvalue weighted by molar-refractivity contribution is 8.13. The summed E-state index contributed by atoms with van der Waals surface area (Å²) in [4.78, 5) is 14.9. The first-order valence-electron chi connectivity index (χ1n) is 4.56. The van der Waals surface area contributed by atoms with Gasteiger partial charge in [0.25, 0.3) is 9.05 Å². The summed E-state index contributed by atoms with van der Waals surface area (Å²) in [6.45, 7) is 3.35. The molecule has 1 unspecified atom stereocenters. The molecule has 1 aromatic heterocycles. The average molecular weight is 266 g/mol. The molecular weight excluding hydrogens is 254 g/mol. The molecule has 0 saturated carbocycles. The van der Waals surface area contributed by atoms with Crippen LogP contribution in [-0.2, 0) is 13.8 Å². The number of carbonyl (C=O) groups excluding carboxylic acids is 1. The Kier molecular flexibility index (Phi) is 3.59. The normalized spacial score (nSPS) is 13.7. The maximum Gasteiger partial charge on any atom is 0.280 e. The number of aromatic nitrogens is 2. The first-order chi connectivity index (χ1) is 7.27. The number of imidazole rings is 1. The van der Waals surface area contributed by atoms with Gasteiger partial charge in [-0.3, -0.25) is 4.79 Å². The summed E-state index contributed by atoms with van der Waals surface area (Å²) in [5.41, 5.74) is 5.20. The van der Waals surface area contributed by atoms with Crippen molar-refractivity contribution in [2.45, 2.75) is 31.3 Å². The highest BCUT2D eigenvalue weighted by Gasteiger charge is 2.22. The van der Waals surface area contributed by atoms with Crippen molar-refractivity contribution in [1.29, 1.82) is 0 Å². The fourth-order valence-corrected chi connectivity index (χ4v) is 2.13. The Morgan fingerprint density at radius 1 is 1.69 bits per heavy atom. The largest absolute Gasteiger partial charge is 0.368 e.